The lowest BCUT2D eigenvalue weighted by atomic mass is 9.82. The maximum Gasteiger partial charge on any atom is 0.451 e. The molecule has 8 saturated heterocycles. The number of hydrogen-bond acceptors (Lipinski definition) is 35. The molecular weight excluding hydrogens is 1510 g/mol. The molecule has 8 rings (SSSR count). The van der Waals surface area contributed by atoms with Crippen LogP contribution in [0.3, 0.4) is 0 Å². The van der Waals surface area contributed by atoms with Crippen molar-refractivity contribution >= 4 is 93.9 Å². The van der Waals surface area contributed by atoms with Crippen LogP contribution in [0.15, 0.2) is 0 Å². The fraction of sp³-hybridized carbons (Fsp3) is 0.930. The summed E-state index contributed by atoms with van der Waals surface area (Å²) < 4.78 is 116. The van der Waals surface area contributed by atoms with Gasteiger partial charge in [0.25, 0.3) is 40.8 Å². The Balaban J connectivity index is 0.000000685. The van der Waals surface area contributed by atoms with Crippen LogP contribution in [0.2, 0.25) is 25.3 Å². The Kier molecular flexibility index (Phi) is 49.4. The van der Waals surface area contributed by atoms with Gasteiger partial charge >= 0.3 is 53.1 Å². The summed E-state index contributed by atoms with van der Waals surface area (Å²) in [7, 11) is -9.84. The summed E-state index contributed by atoms with van der Waals surface area (Å²) in [5.74, 6) is 0.554. The number of rotatable bonds is 35. The van der Waals surface area contributed by atoms with Crippen molar-refractivity contribution in [3.63, 3.8) is 0 Å². The SMILES string of the molecule is CC[C@@H]1CN(S(=O)(=O)N2C[C@H](CCCB(O)O)[C@@H](N)C2)C[C@@H]1NC.CN(C)CCN(CCN(C)C)S(=O)(=O)N1C[C@H](CCCB(O)O)[C@@H](N)C1.NCC1C(N)CN1S(=O)(=O)N1C[C@H](CCCB(O)O)[C@@H](N)C1.N[C@H]1CN(S(=O)(=O)N(C2CNC2)C2CNC2)C[C@@H]1CCCB(O)O.O=C=O.O=C=O.O=C=O.O=C=O. The van der Waals surface area contributed by atoms with Crippen molar-refractivity contribution in [1.82, 2.24) is 60.2 Å². The first kappa shape index (κ1) is 103. The summed E-state index contributed by atoms with van der Waals surface area (Å²) in [4.78, 5) is 68.9. The lowest BCUT2D eigenvalue weighted by Gasteiger charge is -2.46. The molecule has 0 aromatic heterocycles. The van der Waals surface area contributed by atoms with E-state index in [4.69, 9.17) is 113 Å². The number of likely N-dealkylation sites (N-methyl/N-ethyl adjacent to an activating group) is 3. The van der Waals surface area contributed by atoms with Crippen LogP contribution in [0, 0.1) is 29.6 Å². The number of nitrogens with one attached hydrogen (secondary N) is 3. The van der Waals surface area contributed by atoms with E-state index in [1.54, 1.807) is 12.9 Å². The molecule has 8 aliphatic rings. The third-order valence-corrected chi connectivity index (χ3v) is 28.0. The van der Waals surface area contributed by atoms with E-state index < -0.39 is 69.3 Å². The molecule has 8 aliphatic heterocycles. The summed E-state index contributed by atoms with van der Waals surface area (Å²) in [6, 6.07) is -1.15. The van der Waals surface area contributed by atoms with E-state index in [-0.39, 0.29) is 135 Å². The molecule has 0 aromatic carbocycles. The average Bonchev–Trinajstić information content (AvgIpc) is 1.74. The summed E-state index contributed by atoms with van der Waals surface area (Å²) in [6.07, 6.45) is 8.36. The highest BCUT2D eigenvalue weighted by molar-refractivity contribution is 7.87. The van der Waals surface area contributed by atoms with E-state index in [0.29, 0.717) is 181 Å². The molecule has 12 atom stereocenters. The number of nitrogens with zero attached hydrogens (tertiary/aromatic N) is 10. The summed E-state index contributed by atoms with van der Waals surface area (Å²) in [5.41, 5.74) is 35.9. The standard InChI is InChI=1S/C15H36BN5O4S.C14H31BN4O4S.C13H28BN5O4S.C11H26BN5O4S.4CO2/c1-18(2)8-10-20(11-9-19(3)4)26(24,25)21-12-14(15(17)13-21)6-5-7-16(22)23;1-3-11-7-19(10-14(11)17-2)24(22,23)18-8-12(13(16)9-18)5-4-6-15(20)21;15-13-9-18(8-10(13)2-1-3-14(20)21)24(22,23)19(11-4-16-5-11)12-6-17-7-12;13-4-11-10(15)7-17(11)22(20,21)16-5-8(9(14)6-16)2-1-3-12(18)19;4*2-1-3/h14-15,22-23H,5-13,17H2,1-4H3;11-14,17,20-21H,3-10,16H2,1-2H3;10-13,16-17,20-21H,1-9,15H2;8-11,18-19H,1-7,13-15H2;;;;/t14-,15-;11-,12+,13+,14+;10-,13-;8-,9-,10?,11?;;;;/m0100..../s1. The minimum absolute atomic E-state index is 0.0276. The number of nitrogens with two attached hydrogens (primary N) is 6. The van der Waals surface area contributed by atoms with E-state index in [2.05, 4.69) is 22.9 Å². The van der Waals surface area contributed by atoms with Crippen molar-refractivity contribution in [2.45, 2.75) is 144 Å². The molecule has 51 heteroatoms. The highest BCUT2D eigenvalue weighted by Gasteiger charge is 2.50. The Bertz CT molecular complexity index is 3070. The van der Waals surface area contributed by atoms with Crippen LogP contribution in [0.1, 0.15) is 64.7 Å². The molecule has 0 radical (unpaired) electrons. The Morgan fingerprint density at radius 1 is 0.426 bits per heavy atom. The van der Waals surface area contributed by atoms with E-state index in [0.717, 1.165) is 6.42 Å². The second-order valence-corrected chi connectivity index (χ2v) is 35.9. The molecule has 0 saturated carbocycles. The molecule has 0 aromatic rings. The minimum Gasteiger partial charge on any atom is -0.427 e. The predicted molar refractivity (Wildman–Crippen MR) is 394 cm³/mol. The summed E-state index contributed by atoms with van der Waals surface area (Å²) >= 11 is 0. The Labute approximate surface area is 637 Å². The lowest BCUT2D eigenvalue weighted by molar-refractivity contribution is -0.193. The smallest absolute Gasteiger partial charge is 0.427 e. The maximum absolute atomic E-state index is 13.1. The topological polar surface area (TPSA) is 660 Å². The average molecular weight is 1630 g/mol. The van der Waals surface area contributed by atoms with Crippen LogP contribution in [-0.4, -0.2) is 392 Å². The monoisotopic (exact) mass is 1630 g/mol. The fourth-order valence-corrected chi connectivity index (χ4v) is 21.2. The van der Waals surface area contributed by atoms with Crippen LogP contribution in [-0.2, 0) is 79.2 Å². The third kappa shape index (κ3) is 33.9. The van der Waals surface area contributed by atoms with Crippen molar-refractivity contribution in [2.24, 2.45) is 64.0 Å². The van der Waals surface area contributed by atoms with Gasteiger partial charge in [-0.1, -0.05) is 39.0 Å². The summed E-state index contributed by atoms with van der Waals surface area (Å²) in [6.45, 7) is 11.5. The Morgan fingerprint density at radius 3 is 0.991 bits per heavy atom. The molecule has 23 N–H and O–H groups in total. The minimum atomic E-state index is -3.58. The molecule has 0 bridgehead atoms. The molecule has 0 amide bonds. The first-order valence-corrected chi connectivity index (χ1v) is 41.6. The van der Waals surface area contributed by atoms with Crippen LogP contribution in [0.5, 0.6) is 0 Å². The van der Waals surface area contributed by atoms with Gasteiger partial charge in [-0.2, -0.15) is 106 Å². The zero-order valence-electron chi connectivity index (χ0n) is 62.9. The largest absolute Gasteiger partial charge is 0.451 e. The van der Waals surface area contributed by atoms with Crippen molar-refractivity contribution < 1.29 is 112 Å². The van der Waals surface area contributed by atoms with Gasteiger partial charge in [-0.05, 0) is 116 Å². The molecule has 8 fully saturated rings. The van der Waals surface area contributed by atoms with E-state index >= 15 is 0 Å². The maximum atomic E-state index is 13.1. The molecule has 0 spiro atoms. The zero-order chi connectivity index (χ0) is 82.5. The van der Waals surface area contributed by atoms with Gasteiger partial charge in [0.1, 0.15) is 0 Å². The van der Waals surface area contributed by atoms with Gasteiger partial charge in [0.2, 0.25) is 0 Å². The highest BCUT2D eigenvalue weighted by Crippen LogP contribution is 2.33. The predicted octanol–water partition coefficient (Wildman–Crippen LogP) is -11.8. The van der Waals surface area contributed by atoms with Gasteiger partial charge in [-0.25, -0.2) is 0 Å². The van der Waals surface area contributed by atoms with Gasteiger partial charge in [0.05, 0.1) is 18.1 Å². The Morgan fingerprint density at radius 2 is 0.722 bits per heavy atom. The van der Waals surface area contributed by atoms with Gasteiger partial charge in [-0.15, -0.1) is 0 Å². The Hall–Kier alpha value is -3.50. The van der Waals surface area contributed by atoms with Gasteiger partial charge in [0.15, 0.2) is 0 Å². The van der Waals surface area contributed by atoms with Gasteiger partial charge in [-0.3, -0.25) is 0 Å². The van der Waals surface area contributed by atoms with E-state index in [9.17, 15) is 33.7 Å². The lowest BCUT2D eigenvalue weighted by Crippen LogP contribution is -2.70. The van der Waals surface area contributed by atoms with Crippen molar-refractivity contribution in [1.29, 1.82) is 0 Å². The molecule has 108 heavy (non-hydrogen) atoms. The van der Waals surface area contributed by atoms with E-state index in [1.165, 1.54) is 21.5 Å². The number of hydrogen-bond donors (Lipinski definition) is 17. The van der Waals surface area contributed by atoms with Crippen LogP contribution in [0.4, 0.5) is 0 Å². The number of carbonyl (C=O) groups excluding carboxylic acids is 8. The van der Waals surface area contributed by atoms with Crippen LogP contribution in [0.25, 0.3) is 0 Å². The summed E-state index contributed by atoms with van der Waals surface area (Å²) in [5, 5.41) is 80.8. The fourth-order valence-electron chi connectivity index (χ4n) is 13.7. The first-order chi connectivity index (χ1) is 50.6. The second kappa shape index (κ2) is 52.1. The highest BCUT2D eigenvalue weighted by atomic mass is 32.2. The zero-order valence-corrected chi connectivity index (χ0v) is 66.2. The van der Waals surface area contributed by atoms with Crippen molar-refractivity contribution in [3.8, 4) is 0 Å². The molecule has 0 aliphatic carbocycles. The van der Waals surface area contributed by atoms with Crippen molar-refractivity contribution in [2.75, 3.05) is 166 Å². The van der Waals surface area contributed by atoms with Crippen LogP contribution < -0.4 is 50.4 Å². The molecule has 8 heterocycles. The molecule has 2 unspecified atom stereocenters. The molecule has 43 nitrogen and oxygen atoms in total. The third-order valence-electron chi connectivity index (χ3n) is 20.1. The quantitative estimate of drug-likeness (QED) is 0.0262. The van der Waals surface area contributed by atoms with Crippen molar-refractivity contribution in [3.05, 3.63) is 0 Å². The molecular formula is C57H121B4N19O24S4. The van der Waals surface area contributed by atoms with Crippen LogP contribution >= 0.6 is 0 Å². The normalized spacial score (nSPS) is 26.3. The second-order valence-electron chi connectivity index (χ2n) is 28.4. The van der Waals surface area contributed by atoms with Gasteiger partial charge < -0.3 is 100 Å². The first-order valence-electron chi connectivity index (χ1n) is 36.0. The molecule has 624 valence electrons. The van der Waals surface area contributed by atoms with Gasteiger partial charge in [0, 0.05) is 167 Å². The van der Waals surface area contributed by atoms with E-state index in [1.807, 2.05) is 45.0 Å².